The molecule has 30 heavy (non-hydrogen) atoms. The molecule has 3 aromatic heterocycles. The van der Waals surface area contributed by atoms with E-state index in [2.05, 4.69) is 19.9 Å². The topological polar surface area (TPSA) is 83.2 Å². The maximum absolute atomic E-state index is 13.4. The van der Waals surface area contributed by atoms with Crippen molar-refractivity contribution in [3.8, 4) is 29.1 Å². The van der Waals surface area contributed by atoms with Gasteiger partial charge >= 0.3 is 6.01 Å². The van der Waals surface area contributed by atoms with Crippen LogP contribution in [0.15, 0.2) is 41.1 Å². The van der Waals surface area contributed by atoms with Crippen molar-refractivity contribution in [3.05, 3.63) is 52.5 Å². The van der Waals surface area contributed by atoms with E-state index in [0.29, 0.717) is 33.7 Å². The average molecular weight is 447 g/mol. The largest absolute Gasteiger partial charge is 0.476 e. The maximum Gasteiger partial charge on any atom is 0.328 e. The minimum Gasteiger partial charge on any atom is -0.476 e. The van der Waals surface area contributed by atoms with Crippen molar-refractivity contribution < 1.29 is 18.3 Å². The summed E-state index contributed by atoms with van der Waals surface area (Å²) in [6, 6.07) is 6.12. The maximum atomic E-state index is 13.4. The van der Waals surface area contributed by atoms with E-state index in [9.17, 15) is 4.39 Å². The first-order valence-corrected chi connectivity index (χ1v) is 9.86. The molecule has 1 aromatic carbocycles. The van der Waals surface area contributed by atoms with Crippen LogP contribution in [0.4, 0.5) is 4.39 Å². The highest BCUT2D eigenvalue weighted by molar-refractivity contribution is 6.42. The third-order valence-corrected chi connectivity index (χ3v) is 5.15. The second kappa shape index (κ2) is 7.70. The number of ether oxygens (including phenoxy) is 2. The number of benzene rings is 1. The summed E-state index contributed by atoms with van der Waals surface area (Å²) in [7, 11) is 0. The molecule has 5 rings (SSSR count). The molecule has 0 radical (unpaired) electrons. The Balaban J connectivity index is 1.55. The molecular formula is C20H13Cl2FN4O3. The predicted molar refractivity (Wildman–Crippen MR) is 108 cm³/mol. The van der Waals surface area contributed by atoms with Gasteiger partial charge in [-0.1, -0.05) is 23.2 Å². The van der Waals surface area contributed by atoms with E-state index in [-0.39, 0.29) is 29.2 Å². The molecule has 0 N–H and O–H groups in total. The van der Waals surface area contributed by atoms with E-state index in [0.717, 1.165) is 19.0 Å². The van der Waals surface area contributed by atoms with Crippen molar-refractivity contribution in [2.75, 3.05) is 6.61 Å². The number of nitrogens with zero attached hydrogens (tertiary/aromatic N) is 4. The van der Waals surface area contributed by atoms with E-state index >= 15 is 0 Å². The second-order valence-corrected chi connectivity index (χ2v) is 7.62. The zero-order valence-corrected chi connectivity index (χ0v) is 16.8. The minimum atomic E-state index is -0.541. The SMILES string of the molecule is Fc1cncc(Oc2nc(OCC3CC3)c3nc(-c4ccc(Cl)c(Cl)c4)oc3n2)c1. The predicted octanol–water partition coefficient (Wildman–Crippen LogP) is 5.71. The molecule has 0 spiro atoms. The van der Waals surface area contributed by atoms with E-state index in [1.165, 1.54) is 12.3 Å². The molecule has 1 saturated carbocycles. The van der Waals surface area contributed by atoms with Gasteiger partial charge in [-0.2, -0.15) is 9.97 Å². The molecule has 1 fully saturated rings. The number of rotatable bonds is 6. The van der Waals surface area contributed by atoms with Crippen LogP contribution in [0.5, 0.6) is 17.6 Å². The Kier molecular flexibility index (Phi) is 4.88. The van der Waals surface area contributed by atoms with E-state index < -0.39 is 5.82 Å². The molecule has 0 unspecified atom stereocenters. The van der Waals surface area contributed by atoms with Crippen molar-refractivity contribution in [2.24, 2.45) is 5.92 Å². The van der Waals surface area contributed by atoms with Gasteiger partial charge in [-0.25, -0.2) is 9.37 Å². The Morgan fingerprint density at radius 2 is 1.93 bits per heavy atom. The molecule has 4 aromatic rings. The molecule has 1 aliphatic carbocycles. The number of hydrogen-bond acceptors (Lipinski definition) is 7. The van der Waals surface area contributed by atoms with Gasteiger partial charge in [0.05, 0.1) is 29.0 Å². The van der Waals surface area contributed by atoms with Gasteiger partial charge in [0, 0.05) is 11.6 Å². The molecule has 152 valence electrons. The zero-order chi connectivity index (χ0) is 20.7. The van der Waals surface area contributed by atoms with Crippen LogP contribution in [0.2, 0.25) is 10.0 Å². The van der Waals surface area contributed by atoms with Crippen LogP contribution in [-0.4, -0.2) is 26.5 Å². The van der Waals surface area contributed by atoms with Crippen LogP contribution in [0.25, 0.3) is 22.7 Å². The molecule has 7 nitrogen and oxygen atoms in total. The van der Waals surface area contributed by atoms with Crippen LogP contribution in [-0.2, 0) is 0 Å². The molecule has 0 amide bonds. The number of oxazole rings is 1. The van der Waals surface area contributed by atoms with Gasteiger partial charge in [0.15, 0.2) is 11.3 Å². The highest BCUT2D eigenvalue weighted by Gasteiger charge is 2.25. The van der Waals surface area contributed by atoms with Crippen molar-refractivity contribution >= 4 is 34.4 Å². The standard InChI is InChI=1S/C20H13Cl2FN4O3/c21-14-4-3-11(5-15(14)22)17-25-16-18(28-9-10-1-2-10)26-20(27-19(16)30-17)29-13-6-12(23)7-24-8-13/h3-8,10H,1-2,9H2. The summed E-state index contributed by atoms with van der Waals surface area (Å²) in [5.74, 6) is 0.598. The molecule has 3 heterocycles. The van der Waals surface area contributed by atoms with Crippen molar-refractivity contribution in [2.45, 2.75) is 12.8 Å². The van der Waals surface area contributed by atoms with Gasteiger partial charge in [0.1, 0.15) is 5.82 Å². The van der Waals surface area contributed by atoms with Gasteiger partial charge in [-0.05, 0) is 37.0 Å². The zero-order valence-electron chi connectivity index (χ0n) is 15.3. The summed E-state index contributed by atoms with van der Waals surface area (Å²) in [4.78, 5) is 16.7. The summed E-state index contributed by atoms with van der Waals surface area (Å²) >= 11 is 12.1. The highest BCUT2D eigenvalue weighted by atomic mass is 35.5. The van der Waals surface area contributed by atoms with Gasteiger partial charge in [-0.3, -0.25) is 4.98 Å². The van der Waals surface area contributed by atoms with Crippen LogP contribution >= 0.6 is 23.2 Å². The smallest absolute Gasteiger partial charge is 0.328 e. The minimum absolute atomic E-state index is 0.0717. The van der Waals surface area contributed by atoms with Gasteiger partial charge in [-0.15, -0.1) is 0 Å². The molecule has 0 saturated heterocycles. The fourth-order valence-corrected chi connectivity index (χ4v) is 3.01. The first-order chi connectivity index (χ1) is 14.5. The number of hydrogen-bond donors (Lipinski definition) is 0. The highest BCUT2D eigenvalue weighted by Crippen LogP contribution is 2.35. The molecule has 0 bridgehead atoms. The van der Waals surface area contributed by atoms with Crippen molar-refractivity contribution in [3.63, 3.8) is 0 Å². The fourth-order valence-electron chi connectivity index (χ4n) is 2.71. The lowest BCUT2D eigenvalue weighted by molar-refractivity contribution is 0.286. The van der Waals surface area contributed by atoms with Gasteiger partial charge in [0.25, 0.3) is 11.6 Å². The number of fused-ring (bicyclic) bond motifs is 1. The Morgan fingerprint density at radius 1 is 1.07 bits per heavy atom. The molecule has 10 heteroatoms. The molecular weight excluding hydrogens is 434 g/mol. The van der Waals surface area contributed by atoms with Gasteiger partial charge < -0.3 is 13.9 Å². The quantitative estimate of drug-likeness (QED) is 0.375. The molecule has 0 aliphatic heterocycles. The van der Waals surface area contributed by atoms with Crippen molar-refractivity contribution in [1.82, 2.24) is 19.9 Å². The summed E-state index contributed by atoms with van der Waals surface area (Å²) < 4.78 is 30.6. The second-order valence-electron chi connectivity index (χ2n) is 6.81. The summed E-state index contributed by atoms with van der Waals surface area (Å²) in [5, 5.41) is 0.791. The van der Waals surface area contributed by atoms with Crippen LogP contribution in [0.3, 0.4) is 0 Å². The number of aromatic nitrogens is 4. The summed E-state index contributed by atoms with van der Waals surface area (Å²) in [6.45, 7) is 0.502. The number of halogens is 3. The fraction of sp³-hybridized carbons (Fsp3) is 0.200. The van der Waals surface area contributed by atoms with Crippen LogP contribution in [0.1, 0.15) is 12.8 Å². The third-order valence-electron chi connectivity index (χ3n) is 4.41. The number of pyridine rings is 1. The normalized spacial score (nSPS) is 13.6. The van der Waals surface area contributed by atoms with E-state index in [1.54, 1.807) is 18.2 Å². The van der Waals surface area contributed by atoms with Crippen LogP contribution < -0.4 is 9.47 Å². The lowest BCUT2D eigenvalue weighted by Gasteiger charge is -2.07. The Bertz CT molecular complexity index is 1250. The molecule has 0 atom stereocenters. The lowest BCUT2D eigenvalue weighted by atomic mass is 10.2. The summed E-state index contributed by atoms with van der Waals surface area (Å²) in [6.07, 6.45) is 4.64. The average Bonchev–Trinajstić information content (AvgIpc) is 3.45. The lowest BCUT2D eigenvalue weighted by Crippen LogP contribution is -2.03. The first-order valence-electron chi connectivity index (χ1n) is 9.10. The van der Waals surface area contributed by atoms with E-state index in [1.807, 2.05) is 0 Å². The Morgan fingerprint density at radius 3 is 2.70 bits per heavy atom. The van der Waals surface area contributed by atoms with Crippen LogP contribution in [0, 0.1) is 11.7 Å². The first kappa shape index (κ1) is 19.0. The Hall–Kier alpha value is -2.97. The van der Waals surface area contributed by atoms with Gasteiger partial charge in [0.2, 0.25) is 5.89 Å². The summed E-state index contributed by atoms with van der Waals surface area (Å²) in [5.41, 5.74) is 1.13. The molecule has 1 aliphatic rings. The third kappa shape index (κ3) is 4.01. The Labute approximate surface area is 179 Å². The van der Waals surface area contributed by atoms with Crippen molar-refractivity contribution in [1.29, 1.82) is 0 Å². The van der Waals surface area contributed by atoms with E-state index in [4.69, 9.17) is 37.1 Å². The monoisotopic (exact) mass is 446 g/mol.